The Kier molecular flexibility index (Phi) is 4.63. The Labute approximate surface area is 169 Å². The van der Waals surface area contributed by atoms with Crippen LogP contribution in [-0.4, -0.2) is 53.0 Å². The van der Waals surface area contributed by atoms with Crippen molar-refractivity contribution in [1.29, 1.82) is 0 Å². The van der Waals surface area contributed by atoms with Gasteiger partial charge in [-0.05, 0) is 25.0 Å². The molecule has 0 spiro atoms. The SMILES string of the molecule is O=C(c1ccco1)N1CCN(c2nc(NC3CC3)cc(-c3ccccc3)n2)CC1. The summed E-state index contributed by atoms with van der Waals surface area (Å²) in [6, 6.07) is 16.1. The summed E-state index contributed by atoms with van der Waals surface area (Å²) in [5, 5.41) is 3.50. The molecule has 3 aromatic rings. The number of piperazine rings is 1. The zero-order valence-electron chi connectivity index (χ0n) is 16.1. The van der Waals surface area contributed by atoms with E-state index in [9.17, 15) is 4.79 Å². The summed E-state index contributed by atoms with van der Waals surface area (Å²) in [4.78, 5) is 26.1. The van der Waals surface area contributed by atoms with Gasteiger partial charge in [0.25, 0.3) is 5.91 Å². The number of carbonyl (C=O) groups excluding carboxylic acids is 1. The van der Waals surface area contributed by atoms with Crippen molar-refractivity contribution < 1.29 is 9.21 Å². The Morgan fingerprint density at radius 3 is 2.48 bits per heavy atom. The maximum Gasteiger partial charge on any atom is 0.289 e. The van der Waals surface area contributed by atoms with Gasteiger partial charge in [-0.15, -0.1) is 0 Å². The van der Waals surface area contributed by atoms with Crippen molar-refractivity contribution in [2.24, 2.45) is 0 Å². The number of rotatable bonds is 5. The third kappa shape index (κ3) is 3.94. The molecular weight excluding hydrogens is 366 g/mol. The largest absolute Gasteiger partial charge is 0.459 e. The second-order valence-corrected chi connectivity index (χ2v) is 7.48. The standard InChI is InChI=1S/C22H23N5O2/c28-21(19-7-4-14-29-19)26-10-12-27(13-11-26)22-24-18(16-5-2-1-3-6-16)15-20(25-22)23-17-8-9-17/h1-7,14-15,17H,8-13H2,(H,23,24,25). The number of nitrogens with zero attached hydrogens (tertiary/aromatic N) is 4. The second-order valence-electron chi connectivity index (χ2n) is 7.48. The number of aromatic nitrogens is 2. The van der Waals surface area contributed by atoms with Gasteiger partial charge in [-0.25, -0.2) is 4.98 Å². The molecule has 1 aromatic carbocycles. The van der Waals surface area contributed by atoms with Crippen LogP contribution >= 0.6 is 0 Å². The zero-order chi connectivity index (χ0) is 19.6. The minimum absolute atomic E-state index is 0.0651. The Balaban J connectivity index is 1.35. The van der Waals surface area contributed by atoms with Crippen LogP contribution < -0.4 is 10.2 Å². The average molecular weight is 389 g/mol. The van der Waals surface area contributed by atoms with Gasteiger partial charge in [-0.1, -0.05) is 30.3 Å². The minimum atomic E-state index is -0.0651. The van der Waals surface area contributed by atoms with E-state index in [2.05, 4.69) is 22.3 Å². The fourth-order valence-electron chi connectivity index (χ4n) is 3.51. The molecule has 3 heterocycles. The maximum atomic E-state index is 12.5. The van der Waals surface area contributed by atoms with E-state index in [0.717, 1.165) is 17.1 Å². The predicted molar refractivity (Wildman–Crippen MR) is 111 cm³/mol. The van der Waals surface area contributed by atoms with E-state index < -0.39 is 0 Å². The number of nitrogens with one attached hydrogen (secondary N) is 1. The van der Waals surface area contributed by atoms with Gasteiger partial charge >= 0.3 is 0 Å². The van der Waals surface area contributed by atoms with Crippen molar-refractivity contribution in [3.63, 3.8) is 0 Å². The molecule has 7 heteroatoms. The van der Waals surface area contributed by atoms with Crippen LogP contribution in [0.5, 0.6) is 0 Å². The molecule has 0 unspecified atom stereocenters. The third-order valence-electron chi connectivity index (χ3n) is 5.29. The molecule has 1 aliphatic carbocycles. The molecular formula is C22H23N5O2. The monoisotopic (exact) mass is 389 g/mol. The van der Waals surface area contributed by atoms with E-state index in [-0.39, 0.29) is 5.91 Å². The minimum Gasteiger partial charge on any atom is -0.459 e. The molecule has 2 aliphatic rings. The zero-order valence-corrected chi connectivity index (χ0v) is 16.1. The number of amides is 1. The van der Waals surface area contributed by atoms with Crippen molar-refractivity contribution in [2.75, 3.05) is 36.4 Å². The number of anilines is 2. The maximum absolute atomic E-state index is 12.5. The van der Waals surface area contributed by atoms with Gasteiger partial charge in [-0.3, -0.25) is 4.79 Å². The van der Waals surface area contributed by atoms with Crippen LogP contribution in [0.3, 0.4) is 0 Å². The molecule has 0 bridgehead atoms. The van der Waals surface area contributed by atoms with Gasteiger partial charge in [0.15, 0.2) is 5.76 Å². The summed E-state index contributed by atoms with van der Waals surface area (Å²) in [6.45, 7) is 2.61. The summed E-state index contributed by atoms with van der Waals surface area (Å²) in [6.07, 6.45) is 3.90. The number of carbonyl (C=O) groups is 1. The van der Waals surface area contributed by atoms with Gasteiger partial charge < -0.3 is 19.5 Å². The second kappa shape index (κ2) is 7.58. The van der Waals surface area contributed by atoms with Crippen LogP contribution in [0.15, 0.2) is 59.2 Å². The molecule has 1 N–H and O–H groups in total. The molecule has 5 rings (SSSR count). The molecule has 2 aromatic heterocycles. The van der Waals surface area contributed by atoms with Crippen molar-refractivity contribution in [3.05, 3.63) is 60.6 Å². The number of hydrogen-bond acceptors (Lipinski definition) is 6. The first kappa shape index (κ1) is 17.7. The summed E-state index contributed by atoms with van der Waals surface area (Å²) < 4.78 is 5.25. The van der Waals surface area contributed by atoms with Crippen molar-refractivity contribution in [3.8, 4) is 11.3 Å². The van der Waals surface area contributed by atoms with Crippen LogP contribution in [0.2, 0.25) is 0 Å². The van der Waals surface area contributed by atoms with Crippen LogP contribution in [0.1, 0.15) is 23.4 Å². The molecule has 148 valence electrons. The number of benzene rings is 1. The lowest BCUT2D eigenvalue weighted by Crippen LogP contribution is -2.49. The molecule has 1 saturated carbocycles. The van der Waals surface area contributed by atoms with Crippen LogP contribution in [0.25, 0.3) is 11.3 Å². The average Bonchev–Trinajstić information content (AvgIpc) is 3.41. The van der Waals surface area contributed by atoms with Gasteiger partial charge in [0.2, 0.25) is 5.95 Å². The third-order valence-corrected chi connectivity index (χ3v) is 5.29. The first-order valence-electron chi connectivity index (χ1n) is 10.0. The highest BCUT2D eigenvalue weighted by Gasteiger charge is 2.26. The van der Waals surface area contributed by atoms with E-state index in [0.29, 0.717) is 43.9 Å². The number of hydrogen-bond donors (Lipinski definition) is 1. The first-order chi connectivity index (χ1) is 14.3. The Morgan fingerprint density at radius 1 is 1.00 bits per heavy atom. The molecule has 1 aliphatic heterocycles. The van der Waals surface area contributed by atoms with Gasteiger partial charge in [0.1, 0.15) is 5.82 Å². The molecule has 7 nitrogen and oxygen atoms in total. The van der Waals surface area contributed by atoms with Crippen molar-refractivity contribution in [2.45, 2.75) is 18.9 Å². The van der Waals surface area contributed by atoms with Crippen molar-refractivity contribution in [1.82, 2.24) is 14.9 Å². The predicted octanol–water partition coefficient (Wildman–Crippen LogP) is 3.27. The Hall–Kier alpha value is -3.35. The van der Waals surface area contributed by atoms with Gasteiger partial charge in [0, 0.05) is 43.9 Å². The normalized spacial score (nSPS) is 16.7. The quantitative estimate of drug-likeness (QED) is 0.722. The van der Waals surface area contributed by atoms with Gasteiger partial charge in [-0.2, -0.15) is 4.98 Å². The highest BCUT2D eigenvalue weighted by atomic mass is 16.3. The molecule has 1 amide bonds. The van der Waals surface area contributed by atoms with Crippen molar-refractivity contribution >= 4 is 17.7 Å². The molecule has 1 saturated heterocycles. The summed E-state index contributed by atoms with van der Waals surface area (Å²) in [5.74, 6) is 1.89. The van der Waals surface area contributed by atoms with E-state index in [4.69, 9.17) is 14.4 Å². The summed E-state index contributed by atoms with van der Waals surface area (Å²) in [7, 11) is 0. The first-order valence-corrected chi connectivity index (χ1v) is 10.0. The highest BCUT2D eigenvalue weighted by Crippen LogP contribution is 2.28. The molecule has 0 radical (unpaired) electrons. The molecule has 2 fully saturated rings. The van der Waals surface area contributed by atoms with E-state index >= 15 is 0 Å². The fourth-order valence-corrected chi connectivity index (χ4v) is 3.51. The van der Waals surface area contributed by atoms with Gasteiger partial charge in [0.05, 0.1) is 12.0 Å². The highest BCUT2D eigenvalue weighted by molar-refractivity contribution is 5.91. The smallest absolute Gasteiger partial charge is 0.289 e. The Bertz CT molecular complexity index is 978. The van der Waals surface area contributed by atoms with E-state index in [1.807, 2.05) is 29.2 Å². The lowest BCUT2D eigenvalue weighted by molar-refractivity contribution is 0.0714. The van der Waals surface area contributed by atoms with E-state index in [1.165, 1.54) is 19.1 Å². The Morgan fingerprint density at radius 2 is 1.79 bits per heavy atom. The summed E-state index contributed by atoms with van der Waals surface area (Å²) in [5.41, 5.74) is 1.98. The lowest BCUT2D eigenvalue weighted by Gasteiger charge is -2.34. The lowest BCUT2D eigenvalue weighted by atomic mass is 10.1. The van der Waals surface area contributed by atoms with Crippen LogP contribution in [0, 0.1) is 0 Å². The topological polar surface area (TPSA) is 74.5 Å². The fraction of sp³-hybridized carbons (Fsp3) is 0.318. The molecule has 29 heavy (non-hydrogen) atoms. The summed E-state index contributed by atoms with van der Waals surface area (Å²) >= 11 is 0. The number of furan rings is 1. The molecule has 0 atom stereocenters. The van der Waals surface area contributed by atoms with Crippen LogP contribution in [-0.2, 0) is 0 Å². The van der Waals surface area contributed by atoms with Crippen LogP contribution in [0.4, 0.5) is 11.8 Å². The van der Waals surface area contributed by atoms with E-state index in [1.54, 1.807) is 12.1 Å².